The van der Waals surface area contributed by atoms with Crippen molar-refractivity contribution < 1.29 is 0 Å². The highest BCUT2D eigenvalue weighted by Crippen LogP contribution is 2.26. The van der Waals surface area contributed by atoms with Gasteiger partial charge in [-0.25, -0.2) is 4.99 Å². The van der Waals surface area contributed by atoms with Gasteiger partial charge in [0.2, 0.25) is 0 Å². The van der Waals surface area contributed by atoms with Gasteiger partial charge in [-0.05, 0) is 17.7 Å². The molecule has 134 valence electrons. The van der Waals surface area contributed by atoms with E-state index in [-0.39, 0.29) is 5.56 Å². The van der Waals surface area contributed by atoms with Crippen LogP contribution in [0.4, 0.5) is 0 Å². The highest BCUT2D eigenvalue weighted by Gasteiger charge is 2.18. The molecule has 2 aromatic carbocycles. The molecule has 0 aliphatic carbocycles. The first-order valence-electron chi connectivity index (χ1n) is 8.84. The molecule has 1 aliphatic heterocycles. The minimum atomic E-state index is -0.230. The molecule has 0 unspecified atom stereocenters. The molecule has 2 aromatic heterocycles. The molecule has 2 N–H and O–H groups in total. The van der Waals surface area contributed by atoms with Crippen molar-refractivity contribution in [1.29, 1.82) is 0 Å². The van der Waals surface area contributed by atoms with Gasteiger partial charge in [0.15, 0.2) is 0 Å². The summed E-state index contributed by atoms with van der Waals surface area (Å²) in [5, 5.41) is 7.48. The Balaban J connectivity index is 1.75. The normalized spacial score (nSPS) is 14.1. The zero-order valence-corrected chi connectivity index (χ0v) is 14.8. The summed E-state index contributed by atoms with van der Waals surface area (Å²) >= 11 is 0. The summed E-state index contributed by atoms with van der Waals surface area (Å²) in [5.74, 6) is 0. The standard InChI is InChI=1S/C22H15N5O/c28-22-16(21(26-27-22)19-13-23-10-11-24-19)12-18-20(14-6-2-1-3-7-14)15-8-4-5-9-17(15)25-18/h1-13H,(H2,26,27,28). The number of H-pyrrole nitrogens is 2. The van der Waals surface area contributed by atoms with Crippen LogP contribution in [0, 0.1) is 0 Å². The van der Waals surface area contributed by atoms with Gasteiger partial charge in [-0.1, -0.05) is 48.5 Å². The van der Waals surface area contributed by atoms with E-state index in [1.807, 2.05) is 60.7 Å². The Labute approximate surface area is 159 Å². The SMILES string of the molecule is O=c1[nH][nH]c(-c2cnccn2)c1C=C1N=c2ccccc2=C1c1ccccc1. The molecule has 0 saturated heterocycles. The van der Waals surface area contributed by atoms with Gasteiger partial charge in [0.05, 0.1) is 28.5 Å². The Hall–Kier alpha value is -4.06. The van der Waals surface area contributed by atoms with Crippen molar-refractivity contribution in [1.82, 2.24) is 20.2 Å². The zero-order chi connectivity index (χ0) is 18.9. The monoisotopic (exact) mass is 365 g/mol. The number of allylic oxidation sites excluding steroid dienone is 1. The number of nitrogens with one attached hydrogen (secondary N) is 2. The van der Waals surface area contributed by atoms with Crippen LogP contribution in [0.2, 0.25) is 0 Å². The van der Waals surface area contributed by atoms with Gasteiger partial charge in [-0.2, -0.15) is 0 Å². The Morgan fingerprint density at radius 3 is 2.54 bits per heavy atom. The fourth-order valence-corrected chi connectivity index (χ4v) is 3.39. The minimum Gasteiger partial charge on any atom is -0.295 e. The lowest BCUT2D eigenvalue weighted by Crippen LogP contribution is -2.22. The number of nitrogens with zero attached hydrogens (tertiary/aromatic N) is 3. The maximum atomic E-state index is 12.5. The second-order valence-electron chi connectivity index (χ2n) is 6.36. The topological polar surface area (TPSA) is 86.8 Å². The molecule has 0 fully saturated rings. The van der Waals surface area contributed by atoms with E-state index >= 15 is 0 Å². The third-order valence-electron chi connectivity index (χ3n) is 4.65. The molecule has 1 aliphatic rings. The summed E-state index contributed by atoms with van der Waals surface area (Å²) in [4.78, 5) is 25.7. The van der Waals surface area contributed by atoms with Crippen LogP contribution >= 0.6 is 0 Å². The molecule has 0 bridgehead atoms. The number of fused-ring (bicyclic) bond motifs is 1. The highest BCUT2D eigenvalue weighted by molar-refractivity contribution is 5.86. The molecular weight excluding hydrogens is 350 g/mol. The van der Waals surface area contributed by atoms with E-state index in [1.165, 1.54) is 0 Å². The predicted molar refractivity (Wildman–Crippen MR) is 107 cm³/mol. The van der Waals surface area contributed by atoms with Gasteiger partial charge < -0.3 is 0 Å². The van der Waals surface area contributed by atoms with Crippen molar-refractivity contribution in [2.24, 2.45) is 4.99 Å². The lowest BCUT2D eigenvalue weighted by molar-refractivity contribution is 1.05. The van der Waals surface area contributed by atoms with Crippen molar-refractivity contribution in [2.45, 2.75) is 0 Å². The molecule has 0 atom stereocenters. The van der Waals surface area contributed by atoms with Crippen LogP contribution in [-0.4, -0.2) is 20.2 Å². The van der Waals surface area contributed by atoms with Crippen molar-refractivity contribution in [3.8, 4) is 11.4 Å². The van der Waals surface area contributed by atoms with Crippen LogP contribution in [0.15, 0.2) is 88.7 Å². The number of hydrogen-bond acceptors (Lipinski definition) is 4. The smallest absolute Gasteiger partial charge is 0.271 e. The van der Waals surface area contributed by atoms with Gasteiger partial charge in [-0.15, -0.1) is 0 Å². The summed E-state index contributed by atoms with van der Waals surface area (Å²) in [5.41, 5.74) is 4.21. The van der Waals surface area contributed by atoms with E-state index in [1.54, 1.807) is 18.6 Å². The first-order chi connectivity index (χ1) is 13.8. The second kappa shape index (κ2) is 6.59. The van der Waals surface area contributed by atoms with Crippen molar-refractivity contribution in [2.75, 3.05) is 0 Å². The summed E-state index contributed by atoms with van der Waals surface area (Å²) in [6, 6.07) is 18.0. The number of hydrogen-bond donors (Lipinski definition) is 2. The van der Waals surface area contributed by atoms with E-state index in [0.29, 0.717) is 17.0 Å². The average molecular weight is 365 g/mol. The van der Waals surface area contributed by atoms with Crippen molar-refractivity contribution >= 4 is 11.6 Å². The Bertz CT molecular complexity index is 1370. The lowest BCUT2D eigenvalue weighted by atomic mass is 10.00. The van der Waals surface area contributed by atoms with Crippen molar-refractivity contribution in [3.05, 3.63) is 111 Å². The molecule has 6 nitrogen and oxygen atoms in total. The Morgan fingerprint density at radius 1 is 0.893 bits per heavy atom. The summed E-state index contributed by atoms with van der Waals surface area (Å²) in [6.07, 6.45) is 6.61. The third-order valence-corrected chi connectivity index (χ3v) is 4.65. The average Bonchev–Trinajstić information content (AvgIpc) is 3.30. The largest absolute Gasteiger partial charge is 0.295 e. The Kier molecular flexibility index (Phi) is 3.80. The second-order valence-corrected chi connectivity index (χ2v) is 6.36. The van der Waals surface area contributed by atoms with E-state index < -0.39 is 0 Å². The highest BCUT2D eigenvalue weighted by atomic mass is 16.1. The van der Waals surface area contributed by atoms with E-state index in [4.69, 9.17) is 4.99 Å². The molecule has 0 saturated carbocycles. The van der Waals surface area contributed by atoms with Gasteiger partial charge in [-0.3, -0.25) is 25.0 Å². The van der Waals surface area contributed by atoms with Crippen LogP contribution in [0.5, 0.6) is 0 Å². The fourth-order valence-electron chi connectivity index (χ4n) is 3.39. The molecule has 5 rings (SSSR count). The zero-order valence-electron chi connectivity index (χ0n) is 14.8. The van der Waals surface area contributed by atoms with Gasteiger partial charge >= 0.3 is 0 Å². The van der Waals surface area contributed by atoms with Crippen LogP contribution in [0.25, 0.3) is 23.0 Å². The molecule has 4 aromatic rings. The third kappa shape index (κ3) is 2.68. The van der Waals surface area contributed by atoms with E-state index in [0.717, 1.165) is 27.4 Å². The van der Waals surface area contributed by atoms with E-state index in [9.17, 15) is 4.79 Å². The summed E-state index contributed by atoms with van der Waals surface area (Å²) in [7, 11) is 0. The number of benzene rings is 2. The maximum absolute atomic E-state index is 12.5. The summed E-state index contributed by atoms with van der Waals surface area (Å²) < 4.78 is 0. The van der Waals surface area contributed by atoms with Crippen LogP contribution in [0.1, 0.15) is 11.1 Å². The number of aromatic amines is 2. The molecule has 28 heavy (non-hydrogen) atoms. The molecule has 0 radical (unpaired) electrons. The van der Waals surface area contributed by atoms with E-state index in [2.05, 4.69) is 20.2 Å². The predicted octanol–water partition coefficient (Wildman–Crippen LogP) is 2.03. The van der Waals surface area contributed by atoms with Crippen LogP contribution in [0.3, 0.4) is 0 Å². The first kappa shape index (κ1) is 16.1. The molecule has 0 amide bonds. The van der Waals surface area contributed by atoms with Crippen LogP contribution in [-0.2, 0) is 0 Å². The van der Waals surface area contributed by atoms with Crippen molar-refractivity contribution in [3.63, 3.8) is 0 Å². The lowest BCUT2D eigenvalue weighted by Gasteiger charge is -2.05. The van der Waals surface area contributed by atoms with Gasteiger partial charge in [0.1, 0.15) is 5.69 Å². The Morgan fingerprint density at radius 2 is 1.71 bits per heavy atom. The van der Waals surface area contributed by atoms with Crippen LogP contribution < -0.4 is 16.1 Å². The molecule has 0 spiro atoms. The number of aromatic nitrogens is 4. The molecule has 6 heteroatoms. The van der Waals surface area contributed by atoms with Gasteiger partial charge in [0, 0.05) is 23.2 Å². The fraction of sp³-hybridized carbons (Fsp3) is 0. The van der Waals surface area contributed by atoms with Gasteiger partial charge in [0.25, 0.3) is 5.56 Å². The number of rotatable bonds is 3. The minimum absolute atomic E-state index is 0.230. The number of para-hydroxylation sites is 1. The first-order valence-corrected chi connectivity index (χ1v) is 8.84. The molecular formula is C22H15N5O. The maximum Gasteiger partial charge on any atom is 0.271 e. The summed E-state index contributed by atoms with van der Waals surface area (Å²) in [6.45, 7) is 0. The molecule has 3 heterocycles. The quantitative estimate of drug-likeness (QED) is 0.582.